The van der Waals surface area contributed by atoms with Gasteiger partial charge in [-0.25, -0.2) is 0 Å². The van der Waals surface area contributed by atoms with E-state index in [9.17, 15) is 4.79 Å². The van der Waals surface area contributed by atoms with Gasteiger partial charge >= 0.3 is 0 Å². The van der Waals surface area contributed by atoms with Gasteiger partial charge in [0.2, 0.25) is 0 Å². The fourth-order valence-electron chi connectivity index (χ4n) is 3.54. The van der Waals surface area contributed by atoms with Gasteiger partial charge in [-0.05, 0) is 24.3 Å². The van der Waals surface area contributed by atoms with Crippen LogP contribution >= 0.6 is 0 Å². The van der Waals surface area contributed by atoms with E-state index >= 15 is 0 Å². The normalized spacial score (nSPS) is 21.2. The second kappa shape index (κ2) is 8.38. The molecule has 1 aromatic carbocycles. The third-order valence-electron chi connectivity index (χ3n) is 5.26. The number of furan rings is 1. The molecule has 6 heteroatoms. The zero-order chi connectivity index (χ0) is 18.5. The Morgan fingerprint density at radius 3 is 2.42 bits per heavy atom. The van der Waals surface area contributed by atoms with Crippen LogP contribution in [-0.2, 0) is 0 Å². The lowest BCUT2D eigenvalue weighted by atomic mass is 10.0. The maximum Gasteiger partial charge on any atom is 0.287 e. The summed E-state index contributed by atoms with van der Waals surface area (Å²) in [6.07, 6.45) is 1.53. The van der Waals surface area contributed by atoms with Gasteiger partial charge < -0.3 is 24.4 Å². The Morgan fingerprint density at radius 2 is 1.85 bits per heavy atom. The zero-order valence-electron chi connectivity index (χ0n) is 15.9. The number of benzene rings is 1. The number of carbonyl (C=O) groups excluding carboxylic acids is 1. The third kappa shape index (κ3) is 4.45. The maximum atomic E-state index is 12.3. The van der Waals surface area contributed by atoms with Gasteiger partial charge in [0.15, 0.2) is 5.76 Å². The highest BCUT2D eigenvalue weighted by atomic mass is 16.3. The first-order valence-electron chi connectivity index (χ1n) is 9.29. The van der Waals surface area contributed by atoms with Crippen LogP contribution in [0.3, 0.4) is 0 Å². The van der Waals surface area contributed by atoms with Gasteiger partial charge in [0.1, 0.15) is 32.2 Å². The summed E-state index contributed by atoms with van der Waals surface area (Å²) in [5.74, 6) is 0.216. The second-order valence-electron chi connectivity index (χ2n) is 7.34. The average molecular weight is 358 g/mol. The molecule has 1 amide bonds. The monoisotopic (exact) mass is 358 g/mol. The Hall–Kier alpha value is -2.31. The number of nitrogens with one attached hydrogen (secondary N) is 3. The first kappa shape index (κ1) is 18.5. The van der Waals surface area contributed by atoms with Crippen molar-refractivity contribution in [2.75, 3.05) is 58.8 Å². The fourth-order valence-corrected chi connectivity index (χ4v) is 3.54. The summed E-state index contributed by atoms with van der Waals surface area (Å²) < 4.78 is 5.21. The average Bonchev–Trinajstić information content (AvgIpc) is 3.18. The third-order valence-corrected chi connectivity index (χ3v) is 5.26. The Bertz CT molecular complexity index is 689. The molecule has 0 unspecified atom stereocenters. The molecule has 1 aromatic heterocycles. The zero-order valence-corrected chi connectivity index (χ0v) is 15.9. The van der Waals surface area contributed by atoms with E-state index < -0.39 is 0 Å². The van der Waals surface area contributed by atoms with Gasteiger partial charge in [0.25, 0.3) is 5.91 Å². The van der Waals surface area contributed by atoms with E-state index in [-0.39, 0.29) is 11.9 Å². The van der Waals surface area contributed by atoms with Gasteiger partial charge in [0.05, 0.1) is 19.9 Å². The minimum absolute atomic E-state index is 0.149. The number of anilines is 1. The SMILES string of the molecule is CN(C)c1ccc([C@@H](CNC(=O)c2ccco2)[NH+]2CC[NH+](C)CC2)cc1. The first-order valence-corrected chi connectivity index (χ1v) is 9.29. The Morgan fingerprint density at radius 1 is 1.15 bits per heavy atom. The Labute approximate surface area is 155 Å². The van der Waals surface area contributed by atoms with Gasteiger partial charge in [-0.1, -0.05) is 12.1 Å². The van der Waals surface area contributed by atoms with Crippen molar-refractivity contribution in [3.05, 3.63) is 54.0 Å². The second-order valence-corrected chi connectivity index (χ2v) is 7.34. The molecule has 3 rings (SSSR count). The molecule has 2 heterocycles. The first-order chi connectivity index (χ1) is 12.5. The van der Waals surface area contributed by atoms with E-state index in [1.165, 1.54) is 22.4 Å². The number of amides is 1. The van der Waals surface area contributed by atoms with Crippen LogP contribution in [0, 0.1) is 0 Å². The quantitative estimate of drug-likeness (QED) is 0.636. The van der Waals surface area contributed by atoms with Crippen molar-refractivity contribution in [2.24, 2.45) is 0 Å². The van der Waals surface area contributed by atoms with Crippen molar-refractivity contribution in [3.8, 4) is 0 Å². The summed E-state index contributed by atoms with van der Waals surface area (Å²) in [5, 5.41) is 3.06. The fraction of sp³-hybridized carbons (Fsp3) is 0.450. The number of nitrogens with zero attached hydrogens (tertiary/aromatic N) is 1. The summed E-state index contributed by atoms with van der Waals surface area (Å²) in [6, 6.07) is 12.4. The summed E-state index contributed by atoms with van der Waals surface area (Å²) >= 11 is 0. The molecule has 2 aromatic rings. The van der Waals surface area contributed by atoms with E-state index in [2.05, 4.69) is 41.5 Å². The topological polar surface area (TPSA) is 54.4 Å². The van der Waals surface area contributed by atoms with Crippen LogP contribution < -0.4 is 20.0 Å². The van der Waals surface area contributed by atoms with Gasteiger partial charge in [-0.2, -0.15) is 0 Å². The van der Waals surface area contributed by atoms with Gasteiger partial charge in [-0.3, -0.25) is 4.79 Å². The molecule has 0 radical (unpaired) electrons. The van der Waals surface area contributed by atoms with E-state index in [0.717, 1.165) is 26.2 Å². The van der Waals surface area contributed by atoms with E-state index in [1.54, 1.807) is 17.0 Å². The number of rotatable bonds is 6. The predicted molar refractivity (Wildman–Crippen MR) is 102 cm³/mol. The lowest BCUT2D eigenvalue weighted by Crippen LogP contribution is -3.27. The molecule has 1 saturated heterocycles. The summed E-state index contributed by atoms with van der Waals surface area (Å²) in [5.41, 5.74) is 2.45. The van der Waals surface area contributed by atoms with Crippen LogP contribution in [0.25, 0.3) is 0 Å². The molecule has 0 spiro atoms. The Kier molecular flexibility index (Phi) is 5.96. The van der Waals surface area contributed by atoms with Crippen LogP contribution in [0.4, 0.5) is 5.69 Å². The highest BCUT2D eigenvalue weighted by Crippen LogP contribution is 2.16. The van der Waals surface area contributed by atoms with Gasteiger partial charge in [-0.15, -0.1) is 0 Å². The molecule has 1 aliphatic rings. The summed E-state index contributed by atoms with van der Waals surface area (Å²) in [4.78, 5) is 17.5. The summed E-state index contributed by atoms with van der Waals surface area (Å²) in [7, 11) is 6.34. The van der Waals surface area contributed by atoms with Crippen molar-refractivity contribution in [1.82, 2.24) is 5.32 Å². The molecule has 1 fully saturated rings. The number of likely N-dealkylation sites (N-methyl/N-ethyl adjacent to an activating group) is 1. The minimum atomic E-state index is -0.149. The van der Waals surface area contributed by atoms with E-state index in [4.69, 9.17) is 4.42 Å². The minimum Gasteiger partial charge on any atom is -0.459 e. The van der Waals surface area contributed by atoms with Crippen LogP contribution in [0.15, 0.2) is 47.1 Å². The highest BCUT2D eigenvalue weighted by molar-refractivity contribution is 5.91. The lowest BCUT2D eigenvalue weighted by Gasteiger charge is -2.33. The maximum absolute atomic E-state index is 12.3. The summed E-state index contributed by atoms with van der Waals surface area (Å²) in [6.45, 7) is 5.15. The molecule has 26 heavy (non-hydrogen) atoms. The molecule has 1 atom stereocenters. The molecule has 0 aliphatic carbocycles. The molecular weight excluding hydrogens is 328 g/mol. The van der Waals surface area contributed by atoms with Gasteiger partial charge in [0, 0.05) is 25.3 Å². The van der Waals surface area contributed by atoms with Crippen molar-refractivity contribution in [3.63, 3.8) is 0 Å². The largest absolute Gasteiger partial charge is 0.459 e. The van der Waals surface area contributed by atoms with Crippen LogP contribution in [0.2, 0.25) is 0 Å². The van der Waals surface area contributed by atoms with Crippen molar-refractivity contribution >= 4 is 11.6 Å². The van der Waals surface area contributed by atoms with E-state index in [0.29, 0.717) is 12.3 Å². The lowest BCUT2D eigenvalue weighted by molar-refractivity contribution is -1.02. The van der Waals surface area contributed by atoms with E-state index in [1.807, 2.05) is 14.1 Å². The van der Waals surface area contributed by atoms with Crippen LogP contribution in [0.5, 0.6) is 0 Å². The standard InChI is InChI=1S/C20H28N4O2/c1-22(2)17-8-6-16(7-9-17)18(24-12-10-23(3)11-13-24)15-21-20(25)19-5-4-14-26-19/h4-9,14,18H,10-13,15H2,1-3H3,(H,21,25)/p+2/t18-/m1/s1. The molecule has 0 bridgehead atoms. The molecule has 1 aliphatic heterocycles. The number of piperazine rings is 1. The predicted octanol–water partition coefficient (Wildman–Crippen LogP) is -0.770. The van der Waals surface area contributed by atoms with Crippen LogP contribution in [-0.4, -0.2) is 59.8 Å². The number of hydrogen-bond acceptors (Lipinski definition) is 3. The van der Waals surface area contributed by atoms with Crippen molar-refractivity contribution < 1.29 is 19.0 Å². The number of carbonyl (C=O) groups is 1. The number of hydrogen-bond donors (Lipinski definition) is 3. The van der Waals surface area contributed by atoms with Crippen molar-refractivity contribution in [1.29, 1.82) is 0 Å². The van der Waals surface area contributed by atoms with Crippen LogP contribution in [0.1, 0.15) is 22.2 Å². The molecular formula is C20H30N4O2+2. The van der Waals surface area contributed by atoms with Crippen molar-refractivity contribution in [2.45, 2.75) is 6.04 Å². The number of quaternary nitrogens is 2. The highest BCUT2D eigenvalue weighted by Gasteiger charge is 2.30. The molecule has 6 nitrogen and oxygen atoms in total. The Balaban J connectivity index is 1.73. The molecule has 0 saturated carbocycles. The molecule has 140 valence electrons. The smallest absolute Gasteiger partial charge is 0.287 e. The molecule has 3 N–H and O–H groups in total.